The Bertz CT molecular complexity index is 745. The first kappa shape index (κ1) is 18.5. The quantitative estimate of drug-likeness (QED) is 0.516. The summed E-state index contributed by atoms with van der Waals surface area (Å²) >= 11 is 3.32. The van der Waals surface area contributed by atoms with Crippen molar-refractivity contribution < 1.29 is 19.1 Å². The molecule has 0 aliphatic heterocycles. The predicted octanol–water partition coefficient (Wildman–Crippen LogP) is 1.84. The molecule has 3 N–H and O–H groups in total. The molecular formula is C17H16BrN3O4. The van der Waals surface area contributed by atoms with E-state index in [9.17, 15) is 9.59 Å². The van der Waals surface area contributed by atoms with Crippen LogP contribution in [-0.4, -0.2) is 31.2 Å². The number of ether oxygens (including phenoxy) is 2. The van der Waals surface area contributed by atoms with E-state index in [-0.39, 0.29) is 19.1 Å². The van der Waals surface area contributed by atoms with Gasteiger partial charge in [0.25, 0.3) is 11.8 Å². The lowest BCUT2D eigenvalue weighted by atomic mass is 10.2. The third-order valence-electron chi connectivity index (χ3n) is 2.85. The van der Waals surface area contributed by atoms with Gasteiger partial charge in [-0.15, -0.1) is 0 Å². The van der Waals surface area contributed by atoms with Crippen LogP contribution in [0.5, 0.6) is 11.5 Å². The fraction of sp³-hybridized carbons (Fsp3) is 0.118. The van der Waals surface area contributed by atoms with Crippen LogP contribution < -0.4 is 20.6 Å². The maximum absolute atomic E-state index is 11.7. The average Bonchev–Trinajstić information content (AvgIpc) is 2.60. The smallest absolute Gasteiger partial charge is 0.277 e. The lowest BCUT2D eigenvalue weighted by Gasteiger charge is -2.05. The molecule has 2 amide bonds. The lowest BCUT2D eigenvalue weighted by Crippen LogP contribution is -2.24. The number of carbonyl (C=O) groups excluding carboxylic acids is 2. The van der Waals surface area contributed by atoms with Crippen LogP contribution in [0.1, 0.15) is 5.56 Å². The van der Waals surface area contributed by atoms with E-state index in [0.717, 1.165) is 10.0 Å². The molecule has 7 nitrogen and oxygen atoms in total. The van der Waals surface area contributed by atoms with E-state index in [1.54, 1.807) is 36.4 Å². The normalized spacial score (nSPS) is 10.4. The zero-order chi connectivity index (χ0) is 18.1. The summed E-state index contributed by atoms with van der Waals surface area (Å²) in [6, 6.07) is 13.9. The molecule has 130 valence electrons. The monoisotopic (exact) mass is 405 g/mol. The fourth-order valence-electron chi connectivity index (χ4n) is 1.70. The Morgan fingerprint density at radius 1 is 1.00 bits per heavy atom. The highest BCUT2D eigenvalue weighted by molar-refractivity contribution is 9.10. The van der Waals surface area contributed by atoms with Crippen molar-refractivity contribution in [1.82, 2.24) is 5.43 Å². The first-order valence-electron chi connectivity index (χ1n) is 7.24. The van der Waals surface area contributed by atoms with Crippen LogP contribution in [0.3, 0.4) is 0 Å². The molecule has 25 heavy (non-hydrogen) atoms. The van der Waals surface area contributed by atoms with Crippen LogP contribution in [0.4, 0.5) is 0 Å². The molecule has 8 heteroatoms. The molecule has 0 fully saturated rings. The Morgan fingerprint density at radius 2 is 1.56 bits per heavy atom. The molecule has 0 radical (unpaired) electrons. The van der Waals surface area contributed by atoms with Crippen molar-refractivity contribution in [2.75, 3.05) is 13.2 Å². The van der Waals surface area contributed by atoms with Crippen LogP contribution >= 0.6 is 15.9 Å². The van der Waals surface area contributed by atoms with Gasteiger partial charge in [-0.05, 0) is 54.1 Å². The van der Waals surface area contributed by atoms with Gasteiger partial charge in [-0.3, -0.25) is 9.59 Å². The number of nitrogens with one attached hydrogen (secondary N) is 1. The van der Waals surface area contributed by atoms with Crippen molar-refractivity contribution in [1.29, 1.82) is 0 Å². The second kappa shape index (κ2) is 9.43. The molecule has 0 aromatic heterocycles. The molecule has 0 heterocycles. The minimum Gasteiger partial charge on any atom is -0.484 e. The van der Waals surface area contributed by atoms with Crippen molar-refractivity contribution in [2.45, 2.75) is 0 Å². The standard InChI is InChI=1S/C17H16BrN3O4/c18-13-3-7-15(8-4-13)25-11-17(23)21-20-9-12-1-5-14(6-2-12)24-10-16(19)22/h1-9H,10-11H2,(H2,19,22)(H,21,23)/b20-9+. The molecule has 0 saturated carbocycles. The molecule has 0 saturated heterocycles. The number of rotatable bonds is 8. The highest BCUT2D eigenvalue weighted by atomic mass is 79.9. The largest absolute Gasteiger partial charge is 0.484 e. The topological polar surface area (TPSA) is 103 Å². The van der Waals surface area contributed by atoms with Gasteiger partial charge in [0, 0.05) is 4.47 Å². The third kappa shape index (κ3) is 7.05. The second-order valence-electron chi connectivity index (χ2n) is 4.86. The molecule has 0 aliphatic carbocycles. The Hall–Kier alpha value is -2.87. The van der Waals surface area contributed by atoms with Crippen molar-refractivity contribution in [3.05, 3.63) is 58.6 Å². The molecule has 2 aromatic carbocycles. The van der Waals surface area contributed by atoms with E-state index < -0.39 is 5.91 Å². The van der Waals surface area contributed by atoms with Crippen molar-refractivity contribution >= 4 is 34.0 Å². The maximum atomic E-state index is 11.7. The summed E-state index contributed by atoms with van der Waals surface area (Å²) in [6.07, 6.45) is 1.48. The molecule has 0 unspecified atom stereocenters. The third-order valence-corrected chi connectivity index (χ3v) is 3.38. The Kier molecular flexibility index (Phi) is 6.97. The van der Waals surface area contributed by atoms with E-state index in [1.165, 1.54) is 6.21 Å². The number of hydrogen-bond donors (Lipinski definition) is 2. The Labute approximate surface area is 152 Å². The summed E-state index contributed by atoms with van der Waals surface area (Å²) in [5.74, 6) is 0.191. The number of carbonyl (C=O) groups is 2. The van der Waals surface area contributed by atoms with Gasteiger partial charge in [-0.2, -0.15) is 5.10 Å². The number of nitrogens with two attached hydrogens (primary N) is 1. The number of hydrogen-bond acceptors (Lipinski definition) is 5. The van der Waals surface area contributed by atoms with Crippen LogP contribution in [0.25, 0.3) is 0 Å². The number of benzene rings is 2. The van der Waals surface area contributed by atoms with Crippen molar-refractivity contribution in [3.8, 4) is 11.5 Å². The van der Waals surface area contributed by atoms with E-state index in [1.807, 2.05) is 12.1 Å². The molecular weight excluding hydrogens is 390 g/mol. The van der Waals surface area contributed by atoms with Gasteiger partial charge in [-0.25, -0.2) is 5.43 Å². The number of nitrogens with zero attached hydrogens (tertiary/aromatic N) is 1. The van der Waals surface area contributed by atoms with Crippen molar-refractivity contribution in [2.24, 2.45) is 10.8 Å². The minimum atomic E-state index is -0.543. The predicted molar refractivity (Wildman–Crippen MR) is 96.5 cm³/mol. The first-order chi connectivity index (χ1) is 12.0. The van der Waals surface area contributed by atoms with Gasteiger partial charge in [0.1, 0.15) is 11.5 Å². The van der Waals surface area contributed by atoms with Crippen LogP contribution in [-0.2, 0) is 9.59 Å². The highest BCUT2D eigenvalue weighted by Gasteiger charge is 2.01. The summed E-state index contributed by atoms with van der Waals surface area (Å²) in [5.41, 5.74) is 8.12. The average molecular weight is 406 g/mol. The Balaban J connectivity index is 1.74. The van der Waals surface area contributed by atoms with E-state index in [4.69, 9.17) is 15.2 Å². The lowest BCUT2D eigenvalue weighted by molar-refractivity contribution is -0.123. The van der Waals surface area contributed by atoms with E-state index in [0.29, 0.717) is 11.5 Å². The number of amides is 2. The van der Waals surface area contributed by atoms with E-state index in [2.05, 4.69) is 26.5 Å². The molecule has 0 bridgehead atoms. The van der Waals surface area contributed by atoms with Gasteiger partial charge >= 0.3 is 0 Å². The summed E-state index contributed by atoms with van der Waals surface area (Å²) in [4.78, 5) is 22.3. The minimum absolute atomic E-state index is 0.140. The van der Waals surface area contributed by atoms with Gasteiger partial charge in [-0.1, -0.05) is 15.9 Å². The molecule has 0 atom stereocenters. The SMILES string of the molecule is NC(=O)COc1ccc(/C=N/NC(=O)COc2ccc(Br)cc2)cc1. The van der Waals surface area contributed by atoms with Gasteiger partial charge in [0.15, 0.2) is 13.2 Å². The van der Waals surface area contributed by atoms with Crippen LogP contribution in [0.15, 0.2) is 58.1 Å². The molecule has 2 rings (SSSR count). The van der Waals surface area contributed by atoms with Gasteiger partial charge in [0.05, 0.1) is 6.21 Å². The number of halogens is 1. The zero-order valence-electron chi connectivity index (χ0n) is 13.1. The molecule has 0 aliphatic rings. The van der Waals surface area contributed by atoms with Gasteiger partial charge < -0.3 is 15.2 Å². The van der Waals surface area contributed by atoms with E-state index >= 15 is 0 Å². The summed E-state index contributed by atoms with van der Waals surface area (Å²) < 4.78 is 11.4. The van der Waals surface area contributed by atoms with Crippen molar-refractivity contribution in [3.63, 3.8) is 0 Å². The summed E-state index contributed by atoms with van der Waals surface area (Å²) in [6.45, 7) is -0.319. The maximum Gasteiger partial charge on any atom is 0.277 e. The number of hydrazone groups is 1. The Morgan fingerprint density at radius 3 is 2.16 bits per heavy atom. The number of primary amides is 1. The summed E-state index contributed by atoms with van der Waals surface area (Å²) in [7, 11) is 0. The van der Waals surface area contributed by atoms with Crippen LogP contribution in [0.2, 0.25) is 0 Å². The molecule has 0 spiro atoms. The summed E-state index contributed by atoms with van der Waals surface area (Å²) in [5, 5.41) is 3.84. The highest BCUT2D eigenvalue weighted by Crippen LogP contribution is 2.15. The van der Waals surface area contributed by atoms with Gasteiger partial charge in [0.2, 0.25) is 0 Å². The molecule has 2 aromatic rings. The fourth-order valence-corrected chi connectivity index (χ4v) is 1.96. The first-order valence-corrected chi connectivity index (χ1v) is 8.03. The zero-order valence-corrected chi connectivity index (χ0v) is 14.7. The van der Waals surface area contributed by atoms with Crippen LogP contribution in [0, 0.1) is 0 Å². The second-order valence-corrected chi connectivity index (χ2v) is 5.78.